The summed E-state index contributed by atoms with van der Waals surface area (Å²) in [5.74, 6) is 0.529. The number of aliphatic hydroxyl groups excluding tert-OH is 1. The molecule has 25 heavy (non-hydrogen) atoms. The predicted molar refractivity (Wildman–Crippen MR) is 94.0 cm³/mol. The average Bonchev–Trinajstić information content (AvgIpc) is 3.11. The zero-order chi connectivity index (χ0) is 17.8. The molecule has 1 aromatic carbocycles. The second-order valence-electron chi connectivity index (χ2n) is 6.69. The minimum absolute atomic E-state index is 0.0440. The number of aromatic nitrogens is 1. The Morgan fingerprint density at radius 1 is 1.36 bits per heavy atom. The van der Waals surface area contributed by atoms with Gasteiger partial charge in [0.1, 0.15) is 0 Å². The summed E-state index contributed by atoms with van der Waals surface area (Å²) in [5.41, 5.74) is 1.41. The van der Waals surface area contributed by atoms with Gasteiger partial charge < -0.3 is 14.5 Å². The summed E-state index contributed by atoms with van der Waals surface area (Å²) in [4.78, 5) is 16.5. The van der Waals surface area contributed by atoms with Gasteiger partial charge in [-0.25, -0.2) is 0 Å². The van der Waals surface area contributed by atoms with E-state index >= 15 is 0 Å². The molecule has 2 heterocycles. The molecule has 0 spiro atoms. The van der Waals surface area contributed by atoms with Crippen LogP contribution in [0.15, 0.2) is 40.9 Å². The average molecular weight is 343 g/mol. The van der Waals surface area contributed by atoms with Gasteiger partial charge in [-0.05, 0) is 25.3 Å². The van der Waals surface area contributed by atoms with Crippen molar-refractivity contribution in [3.8, 4) is 0 Å². The molecular formula is C19H25N3O3. The van der Waals surface area contributed by atoms with E-state index < -0.39 is 0 Å². The van der Waals surface area contributed by atoms with Crippen molar-refractivity contribution < 1.29 is 14.4 Å². The van der Waals surface area contributed by atoms with Crippen molar-refractivity contribution in [1.82, 2.24) is 15.0 Å². The van der Waals surface area contributed by atoms with Crippen molar-refractivity contribution in [3.05, 3.63) is 53.4 Å². The first-order chi connectivity index (χ1) is 12.0. The van der Waals surface area contributed by atoms with Crippen molar-refractivity contribution in [3.63, 3.8) is 0 Å². The summed E-state index contributed by atoms with van der Waals surface area (Å²) in [5, 5.41) is 13.5. The fourth-order valence-electron chi connectivity index (χ4n) is 3.10. The lowest BCUT2D eigenvalue weighted by molar-refractivity contribution is 0.0724. The van der Waals surface area contributed by atoms with Crippen LogP contribution >= 0.6 is 0 Å². The molecule has 1 atom stereocenters. The summed E-state index contributed by atoms with van der Waals surface area (Å²) in [7, 11) is 1.78. The topological polar surface area (TPSA) is 69.8 Å². The van der Waals surface area contributed by atoms with Crippen LogP contribution in [0.4, 0.5) is 0 Å². The molecule has 2 aromatic rings. The van der Waals surface area contributed by atoms with E-state index in [-0.39, 0.29) is 18.1 Å². The monoisotopic (exact) mass is 343 g/mol. The maximum atomic E-state index is 12.7. The molecule has 134 valence electrons. The molecule has 6 nitrogen and oxygen atoms in total. The number of hydrogen-bond donors (Lipinski definition) is 1. The minimum Gasteiger partial charge on any atom is -0.393 e. The summed E-state index contributed by atoms with van der Waals surface area (Å²) in [6, 6.07) is 11.6. The molecule has 0 aliphatic carbocycles. The van der Waals surface area contributed by atoms with Gasteiger partial charge in [0.05, 0.1) is 18.7 Å². The zero-order valence-corrected chi connectivity index (χ0v) is 14.8. The van der Waals surface area contributed by atoms with Crippen molar-refractivity contribution in [2.45, 2.75) is 38.5 Å². The van der Waals surface area contributed by atoms with E-state index in [0.29, 0.717) is 18.0 Å². The second-order valence-corrected chi connectivity index (χ2v) is 6.69. The lowest BCUT2D eigenvalue weighted by Gasteiger charge is -2.28. The Hall–Kier alpha value is -2.18. The van der Waals surface area contributed by atoms with Gasteiger partial charge in [-0.1, -0.05) is 35.5 Å². The number of carbonyl (C=O) groups excluding carboxylic acids is 1. The molecule has 1 aliphatic heterocycles. The molecule has 1 aromatic heterocycles. The number of piperidine rings is 1. The molecule has 0 unspecified atom stereocenters. The molecule has 0 radical (unpaired) electrons. The molecule has 0 saturated carbocycles. The number of benzene rings is 1. The van der Waals surface area contributed by atoms with Gasteiger partial charge >= 0.3 is 0 Å². The zero-order valence-electron chi connectivity index (χ0n) is 14.8. The van der Waals surface area contributed by atoms with Crippen LogP contribution in [0.5, 0.6) is 0 Å². The number of aliphatic hydroxyl groups is 1. The Kier molecular flexibility index (Phi) is 5.50. The summed E-state index contributed by atoms with van der Waals surface area (Å²) in [6.07, 6.45) is 1.35. The summed E-state index contributed by atoms with van der Waals surface area (Å²) < 4.78 is 5.35. The van der Waals surface area contributed by atoms with E-state index in [1.165, 1.54) is 0 Å². The molecule has 1 aliphatic rings. The van der Waals surface area contributed by atoms with Gasteiger partial charge in [-0.3, -0.25) is 9.69 Å². The Balaban J connectivity index is 1.62. The third-order valence-electron chi connectivity index (χ3n) is 4.90. The highest BCUT2D eigenvalue weighted by Gasteiger charge is 2.23. The second kappa shape index (κ2) is 7.80. The first kappa shape index (κ1) is 17.6. The van der Waals surface area contributed by atoms with Gasteiger partial charge in [0.2, 0.25) is 0 Å². The van der Waals surface area contributed by atoms with Gasteiger partial charge in [-0.2, -0.15) is 0 Å². The van der Waals surface area contributed by atoms with Gasteiger partial charge in [0.25, 0.3) is 5.91 Å². The van der Waals surface area contributed by atoms with E-state index in [4.69, 9.17) is 4.52 Å². The number of likely N-dealkylation sites (tertiary alicyclic amines) is 1. The highest BCUT2D eigenvalue weighted by Crippen LogP contribution is 2.21. The standard InChI is InChI=1S/C19H25N3O3/c1-14(15-6-4-3-5-7-15)21(2)19(24)18-12-17(25-20-18)13-22-10-8-16(23)9-11-22/h3-7,12,14,16,23H,8-11,13H2,1-2H3/t14-/m0/s1. The third-order valence-corrected chi connectivity index (χ3v) is 4.90. The van der Waals surface area contributed by atoms with Crippen LogP contribution in [0.25, 0.3) is 0 Å². The van der Waals surface area contributed by atoms with Crippen molar-refractivity contribution in [2.24, 2.45) is 0 Å². The number of amides is 1. The molecule has 3 rings (SSSR count). The van der Waals surface area contributed by atoms with Crippen LogP contribution < -0.4 is 0 Å². The van der Waals surface area contributed by atoms with Crippen molar-refractivity contribution in [2.75, 3.05) is 20.1 Å². The van der Waals surface area contributed by atoms with E-state index in [2.05, 4.69) is 10.1 Å². The quantitative estimate of drug-likeness (QED) is 0.903. The lowest BCUT2D eigenvalue weighted by Crippen LogP contribution is -2.35. The third kappa shape index (κ3) is 4.27. The summed E-state index contributed by atoms with van der Waals surface area (Å²) >= 11 is 0. The first-order valence-corrected chi connectivity index (χ1v) is 8.72. The van der Waals surface area contributed by atoms with E-state index in [1.54, 1.807) is 18.0 Å². The highest BCUT2D eigenvalue weighted by atomic mass is 16.5. The fourth-order valence-corrected chi connectivity index (χ4v) is 3.10. The van der Waals surface area contributed by atoms with E-state index in [0.717, 1.165) is 31.5 Å². The number of hydrogen-bond acceptors (Lipinski definition) is 5. The van der Waals surface area contributed by atoms with Crippen LogP contribution in [-0.2, 0) is 6.54 Å². The van der Waals surface area contributed by atoms with Crippen LogP contribution in [0.3, 0.4) is 0 Å². The minimum atomic E-state index is -0.198. The molecule has 1 saturated heterocycles. The van der Waals surface area contributed by atoms with E-state index in [9.17, 15) is 9.90 Å². The van der Waals surface area contributed by atoms with Gasteiger partial charge in [0, 0.05) is 26.2 Å². The maximum absolute atomic E-state index is 12.7. The molecule has 1 fully saturated rings. The van der Waals surface area contributed by atoms with Crippen molar-refractivity contribution >= 4 is 5.91 Å². The van der Waals surface area contributed by atoms with Gasteiger partial charge in [-0.15, -0.1) is 0 Å². The van der Waals surface area contributed by atoms with E-state index in [1.807, 2.05) is 37.3 Å². The molecule has 6 heteroatoms. The SMILES string of the molecule is C[C@@H](c1ccccc1)N(C)C(=O)c1cc(CN2CCC(O)CC2)on1. The van der Waals surface area contributed by atoms with Gasteiger partial charge in [0.15, 0.2) is 11.5 Å². The Labute approximate surface area is 148 Å². The molecule has 1 amide bonds. The summed E-state index contributed by atoms with van der Waals surface area (Å²) in [6.45, 7) is 4.27. The van der Waals surface area contributed by atoms with Crippen LogP contribution in [-0.4, -0.2) is 52.2 Å². The maximum Gasteiger partial charge on any atom is 0.276 e. The van der Waals surface area contributed by atoms with Crippen LogP contribution in [0.1, 0.15) is 47.6 Å². The number of rotatable bonds is 5. The smallest absolute Gasteiger partial charge is 0.276 e. The largest absolute Gasteiger partial charge is 0.393 e. The van der Waals surface area contributed by atoms with Crippen LogP contribution in [0, 0.1) is 0 Å². The fraction of sp³-hybridized carbons (Fsp3) is 0.474. The Morgan fingerprint density at radius 3 is 2.72 bits per heavy atom. The predicted octanol–water partition coefficient (Wildman–Crippen LogP) is 2.46. The molecular weight excluding hydrogens is 318 g/mol. The highest BCUT2D eigenvalue weighted by molar-refractivity contribution is 5.92. The normalized spacial score (nSPS) is 17.4. The number of nitrogens with zero attached hydrogens (tertiary/aromatic N) is 3. The number of carbonyl (C=O) groups is 1. The molecule has 1 N–H and O–H groups in total. The lowest BCUT2D eigenvalue weighted by atomic mass is 10.1. The van der Waals surface area contributed by atoms with Crippen molar-refractivity contribution in [1.29, 1.82) is 0 Å². The first-order valence-electron chi connectivity index (χ1n) is 8.72. The van der Waals surface area contributed by atoms with Crippen LogP contribution in [0.2, 0.25) is 0 Å². The Morgan fingerprint density at radius 2 is 2.04 bits per heavy atom. The Bertz CT molecular complexity index is 693. The molecule has 0 bridgehead atoms.